The molecule has 11 heteroatoms. The van der Waals surface area contributed by atoms with Gasteiger partial charge in [-0.05, 0) is 24.3 Å². The Hall–Kier alpha value is -3.73. The summed E-state index contributed by atoms with van der Waals surface area (Å²) in [5.74, 6) is 0.237. The normalized spacial score (nSPS) is 18.2. The lowest BCUT2D eigenvalue weighted by Crippen LogP contribution is -2.26. The van der Waals surface area contributed by atoms with Crippen molar-refractivity contribution in [3.8, 4) is 17.3 Å². The number of pyridine rings is 1. The quantitative estimate of drug-likeness (QED) is 0.475. The van der Waals surface area contributed by atoms with Crippen LogP contribution in [0.25, 0.3) is 17.0 Å². The third kappa shape index (κ3) is 3.95. The first-order chi connectivity index (χ1) is 16.1. The van der Waals surface area contributed by atoms with Crippen molar-refractivity contribution in [1.29, 1.82) is 0 Å². The van der Waals surface area contributed by atoms with Gasteiger partial charge in [0.05, 0.1) is 37.8 Å². The largest absolute Gasteiger partial charge is 0.481 e. The Morgan fingerprint density at radius 2 is 2.03 bits per heavy atom. The first-order valence-electron chi connectivity index (χ1n) is 10.4. The average Bonchev–Trinajstić information content (AvgIpc) is 3.42. The molecule has 1 aliphatic heterocycles. The van der Waals surface area contributed by atoms with Crippen molar-refractivity contribution in [1.82, 2.24) is 29.5 Å². The van der Waals surface area contributed by atoms with Gasteiger partial charge in [0.15, 0.2) is 5.65 Å². The monoisotopic (exact) mass is 453 g/mol. The van der Waals surface area contributed by atoms with Gasteiger partial charge in [0, 0.05) is 30.7 Å². The maximum Gasteiger partial charge on any atom is 0.218 e. The highest BCUT2D eigenvalue weighted by Gasteiger charge is 2.36. The van der Waals surface area contributed by atoms with Gasteiger partial charge in [-0.3, -0.25) is 0 Å². The SMILES string of the molecule is COc1ncc(F)cc1[C@H]1C[C@H](F)CN1c1ccc2ncc(-c3cc(CCO)ncn3)n2n1. The summed E-state index contributed by atoms with van der Waals surface area (Å²) >= 11 is 0. The molecular formula is C22H21F2N7O2. The fourth-order valence-electron chi connectivity index (χ4n) is 4.16. The Morgan fingerprint density at radius 3 is 2.85 bits per heavy atom. The molecule has 170 valence electrons. The number of aliphatic hydroxyl groups is 1. The number of fused-ring (bicyclic) bond motifs is 1. The van der Waals surface area contributed by atoms with Crippen molar-refractivity contribution >= 4 is 11.5 Å². The predicted octanol–water partition coefficient (Wildman–Crippen LogP) is 2.55. The van der Waals surface area contributed by atoms with Crippen LogP contribution in [0.2, 0.25) is 0 Å². The van der Waals surface area contributed by atoms with Gasteiger partial charge in [-0.1, -0.05) is 0 Å². The van der Waals surface area contributed by atoms with Crippen molar-refractivity contribution in [3.05, 3.63) is 60.1 Å². The number of methoxy groups -OCH3 is 1. The highest BCUT2D eigenvalue weighted by molar-refractivity contribution is 5.61. The van der Waals surface area contributed by atoms with Crippen molar-refractivity contribution in [2.45, 2.75) is 25.1 Å². The number of ether oxygens (including phenoxy) is 1. The zero-order chi connectivity index (χ0) is 22.9. The molecule has 0 aromatic carbocycles. The molecule has 9 nitrogen and oxygen atoms in total. The first-order valence-corrected chi connectivity index (χ1v) is 10.4. The summed E-state index contributed by atoms with van der Waals surface area (Å²) in [6.07, 6.45) is 3.60. The molecule has 0 aliphatic carbocycles. The zero-order valence-corrected chi connectivity index (χ0v) is 17.8. The van der Waals surface area contributed by atoms with Crippen molar-refractivity contribution in [2.24, 2.45) is 0 Å². The van der Waals surface area contributed by atoms with Crippen LogP contribution in [-0.2, 0) is 6.42 Å². The number of halogens is 2. The number of rotatable bonds is 6. The van der Waals surface area contributed by atoms with E-state index in [4.69, 9.17) is 9.84 Å². The molecule has 1 N–H and O–H groups in total. The molecule has 0 amide bonds. The lowest BCUT2D eigenvalue weighted by atomic mass is 10.1. The van der Waals surface area contributed by atoms with Crippen molar-refractivity contribution < 1.29 is 18.6 Å². The van der Waals surface area contributed by atoms with Crippen LogP contribution in [0.5, 0.6) is 5.88 Å². The molecule has 0 spiro atoms. The number of imidazole rings is 1. The number of aliphatic hydroxyl groups excluding tert-OH is 1. The topological polar surface area (TPSA) is 102 Å². The van der Waals surface area contributed by atoms with E-state index < -0.39 is 18.0 Å². The molecule has 0 saturated carbocycles. The van der Waals surface area contributed by atoms with Crippen LogP contribution in [0.4, 0.5) is 14.6 Å². The molecule has 0 radical (unpaired) electrons. The molecule has 1 saturated heterocycles. The van der Waals surface area contributed by atoms with Crippen LogP contribution in [0, 0.1) is 5.82 Å². The van der Waals surface area contributed by atoms with Gasteiger partial charge in [-0.15, -0.1) is 5.10 Å². The lowest BCUT2D eigenvalue weighted by molar-refractivity contribution is 0.298. The molecule has 2 atom stereocenters. The number of anilines is 1. The Bertz CT molecular complexity index is 1300. The predicted molar refractivity (Wildman–Crippen MR) is 115 cm³/mol. The summed E-state index contributed by atoms with van der Waals surface area (Å²) in [5, 5.41) is 13.9. The highest BCUT2D eigenvalue weighted by atomic mass is 19.1. The third-order valence-electron chi connectivity index (χ3n) is 5.64. The Balaban J connectivity index is 1.56. The molecule has 0 unspecified atom stereocenters. The van der Waals surface area contributed by atoms with Crippen LogP contribution < -0.4 is 9.64 Å². The van der Waals surface area contributed by atoms with Gasteiger partial charge in [0.25, 0.3) is 0 Å². The molecule has 0 bridgehead atoms. The highest BCUT2D eigenvalue weighted by Crippen LogP contribution is 2.40. The number of aromatic nitrogens is 6. The summed E-state index contributed by atoms with van der Waals surface area (Å²) in [5.41, 5.74) is 2.98. The molecule has 5 rings (SSSR count). The van der Waals surface area contributed by atoms with E-state index in [1.54, 1.807) is 33.8 Å². The zero-order valence-electron chi connectivity index (χ0n) is 17.8. The van der Waals surface area contributed by atoms with Crippen molar-refractivity contribution in [3.63, 3.8) is 0 Å². The smallest absolute Gasteiger partial charge is 0.218 e. The second-order valence-electron chi connectivity index (χ2n) is 7.73. The van der Waals surface area contributed by atoms with Crippen molar-refractivity contribution in [2.75, 3.05) is 25.2 Å². The summed E-state index contributed by atoms with van der Waals surface area (Å²) in [7, 11) is 1.45. The van der Waals surface area contributed by atoms with E-state index in [2.05, 4.69) is 19.9 Å². The Labute approximate surface area is 187 Å². The molecule has 4 aromatic rings. The van der Waals surface area contributed by atoms with E-state index in [9.17, 15) is 13.9 Å². The summed E-state index contributed by atoms with van der Waals surface area (Å²) in [6, 6.07) is 6.14. The van der Waals surface area contributed by atoms with E-state index in [1.807, 2.05) is 0 Å². The van der Waals surface area contributed by atoms with E-state index in [0.29, 0.717) is 40.5 Å². The van der Waals surface area contributed by atoms with E-state index in [-0.39, 0.29) is 25.5 Å². The van der Waals surface area contributed by atoms with Crippen LogP contribution in [-0.4, -0.2) is 61.1 Å². The summed E-state index contributed by atoms with van der Waals surface area (Å²) < 4.78 is 35.5. The van der Waals surface area contributed by atoms with Gasteiger partial charge in [-0.2, -0.15) is 0 Å². The van der Waals surface area contributed by atoms with Gasteiger partial charge in [0.2, 0.25) is 5.88 Å². The molecule has 4 aromatic heterocycles. The Kier molecular flexibility index (Phi) is 5.55. The molecule has 1 fully saturated rings. The van der Waals surface area contributed by atoms with Crippen LogP contribution in [0.15, 0.2) is 43.0 Å². The summed E-state index contributed by atoms with van der Waals surface area (Å²) in [6.45, 7) is 0.0756. The number of alkyl halides is 1. The fourth-order valence-corrected chi connectivity index (χ4v) is 4.16. The molecule has 5 heterocycles. The van der Waals surface area contributed by atoms with E-state index in [1.165, 1.54) is 19.5 Å². The van der Waals surface area contributed by atoms with Gasteiger partial charge < -0.3 is 14.7 Å². The lowest BCUT2D eigenvalue weighted by Gasteiger charge is -2.26. The maximum atomic E-state index is 14.6. The maximum absolute atomic E-state index is 14.6. The van der Waals surface area contributed by atoms with Crippen LogP contribution >= 0.6 is 0 Å². The van der Waals surface area contributed by atoms with Gasteiger partial charge >= 0.3 is 0 Å². The van der Waals surface area contributed by atoms with Gasteiger partial charge in [0.1, 0.15) is 29.8 Å². The molecule has 1 aliphatic rings. The minimum Gasteiger partial charge on any atom is -0.481 e. The van der Waals surface area contributed by atoms with Crippen LogP contribution in [0.3, 0.4) is 0 Å². The first kappa shape index (κ1) is 21.1. The second-order valence-corrected chi connectivity index (χ2v) is 7.73. The number of hydrogen-bond donors (Lipinski definition) is 1. The van der Waals surface area contributed by atoms with E-state index in [0.717, 1.165) is 6.20 Å². The second kappa shape index (κ2) is 8.66. The van der Waals surface area contributed by atoms with E-state index >= 15 is 0 Å². The average molecular weight is 453 g/mol. The number of hydrogen-bond acceptors (Lipinski definition) is 8. The molecule has 33 heavy (non-hydrogen) atoms. The fraction of sp³-hybridized carbons (Fsp3) is 0.318. The minimum absolute atomic E-state index is 0.0227. The third-order valence-corrected chi connectivity index (χ3v) is 5.64. The van der Waals surface area contributed by atoms with Crippen LogP contribution in [0.1, 0.15) is 23.7 Å². The molecular weight excluding hydrogens is 432 g/mol. The summed E-state index contributed by atoms with van der Waals surface area (Å²) in [4.78, 5) is 18.6. The minimum atomic E-state index is -1.12. The standard InChI is InChI=1S/C22H21F2N7O2/c1-33-22-16(6-13(23)9-26-22)18-7-14(24)11-30(18)21-3-2-20-25-10-19(31(20)29-21)17-8-15(4-5-32)27-12-28-17/h2-3,6,8-10,12,14,18,32H,4-5,7,11H2,1H3/t14-,18+/m0/s1. The Morgan fingerprint density at radius 1 is 1.15 bits per heavy atom. The van der Waals surface area contributed by atoms with Gasteiger partial charge in [-0.25, -0.2) is 33.2 Å². The number of nitrogens with zero attached hydrogens (tertiary/aromatic N) is 7.